The van der Waals surface area contributed by atoms with Gasteiger partial charge in [-0.05, 0) is 23.8 Å². The van der Waals surface area contributed by atoms with Crippen molar-refractivity contribution in [1.29, 1.82) is 0 Å². The number of nitrogens with zero attached hydrogens (tertiary/aromatic N) is 2. The summed E-state index contributed by atoms with van der Waals surface area (Å²) in [6.07, 6.45) is 4.82. The third-order valence-electron chi connectivity index (χ3n) is 4.73. The summed E-state index contributed by atoms with van der Waals surface area (Å²) in [7, 11) is -3.40. The van der Waals surface area contributed by atoms with E-state index in [0.29, 0.717) is 12.2 Å². The maximum absolute atomic E-state index is 12.6. The Morgan fingerprint density at radius 3 is 2.54 bits per heavy atom. The van der Waals surface area contributed by atoms with E-state index < -0.39 is 33.7 Å². The molecule has 10 heteroatoms. The Kier molecular flexibility index (Phi) is 4.71. The summed E-state index contributed by atoms with van der Waals surface area (Å²) < 4.78 is 29.6. The van der Waals surface area contributed by atoms with Crippen molar-refractivity contribution < 1.29 is 22.7 Å². The number of carbonyl (C=O) groups excluding carboxylic acids is 2. The number of carbonyl (C=O) groups is 2. The van der Waals surface area contributed by atoms with Crippen molar-refractivity contribution in [2.75, 3.05) is 18.1 Å². The summed E-state index contributed by atoms with van der Waals surface area (Å²) in [6.45, 7) is 0.581. The molecule has 2 aliphatic rings. The molecule has 2 N–H and O–H groups in total. The van der Waals surface area contributed by atoms with Crippen LogP contribution in [0.2, 0.25) is 0 Å². The summed E-state index contributed by atoms with van der Waals surface area (Å²) in [5, 5.41) is 5.38. The van der Waals surface area contributed by atoms with Crippen molar-refractivity contribution in [3.63, 3.8) is 0 Å². The van der Waals surface area contributed by atoms with Gasteiger partial charge in [0.1, 0.15) is 11.4 Å². The zero-order valence-electron chi connectivity index (χ0n) is 14.8. The summed E-state index contributed by atoms with van der Waals surface area (Å²) in [5.41, 5.74) is 1.45. The highest BCUT2D eigenvalue weighted by atomic mass is 32.2. The van der Waals surface area contributed by atoms with Crippen LogP contribution in [0, 0.1) is 0 Å². The molecule has 1 fully saturated rings. The molecule has 2 atom stereocenters. The number of fused-ring (bicyclic) bond motifs is 1. The molecule has 3 heterocycles. The van der Waals surface area contributed by atoms with Crippen LogP contribution in [-0.2, 0) is 16.3 Å². The van der Waals surface area contributed by atoms with E-state index in [4.69, 9.17) is 4.74 Å². The summed E-state index contributed by atoms with van der Waals surface area (Å²) in [5.74, 6) is -0.658. The monoisotopic (exact) mass is 402 g/mol. The summed E-state index contributed by atoms with van der Waals surface area (Å²) in [4.78, 5) is 32.7. The zero-order valence-corrected chi connectivity index (χ0v) is 15.6. The lowest BCUT2D eigenvalue weighted by molar-refractivity contribution is 0.0894. The third-order valence-corrected chi connectivity index (χ3v) is 6.47. The number of hydrogen-bond acceptors (Lipinski definition) is 7. The second-order valence-electron chi connectivity index (χ2n) is 6.75. The van der Waals surface area contributed by atoms with E-state index in [2.05, 4.69) is 20.6 Å². The molecule has 1 aromatic heterocycles. The first-order valence-corrected chi connectivity index (χ1v) is 10.6. The lowest BCUT2D eigenvalue weighted by Crippen LogP contribution is -2.51. The standard InChI is InChI=1S/C18H18N4O5S/c23-17(12-1-2-16-11(7-12)3-6-27-16)21-14-9-28(25,26)10-15(14)22-18(24)13-8-19-4-5-20-13/h1-2,4-5,7-8,14-15H,3,6,9-10H2,(H,21,23)(H,22,24)/t14-,15+/m0/s1. The largest absolute Gasteiger partial charge is 0.493 e. The molecule has 0 radical (unpaired) electrons. The fraction of sp³-hybridized carbons (Fsp3) is 0.333. The smallest absolute Gasteiger partial charge is 0.271 e. The van der Waals surface area contributed by atoms with Crippen LogP contribution in [0.15, 0.2) is 36.8 Å². The second-order valence-corrected chi connectivity index (χ2v) is 8.90. The SMILES string of the molecule is O=C(N[C@H]1CS(=O)(=O)C[C@H]1NC(=O)c1cnccn1)c1ccc2c(c1)CCO2. The van der Waals surface area contributed by atoms with Crippen LogP contribution in [0.3, 0.4) is 0 Å². The number of ether oxygens (including phenoxy) is 1. The molecule has 2 aliphatic heterocycles. The highest BCUT2D eigenvalue weighted by molar-refractivity contribution is 7.91. The van der Waals surface area contributed by atoms with E-state index in [1.807, 2.05) is 0 Å². The van der Waals surface area contributed by atoms with Gasteiger partial charge in [0.05, 0.1) is 36.4 Å². The topological polar surface area (TPSA) is 127 Å². The number of hydrogen-bond donors (Lipinski definition) is 2. The van der Waals surface area contributed by atoms with E-state index in [9.17, 15) is 18.0 Å². The minimum absolute atomic E-state index is 0.0792. The number of amides is 2. The Morgan fingerprint density at radius 1 is 1.07 bits per heavy atom. The molecule has 9 nitrogen and oxygen atoms in total. The molecule has 146 valence electrons. The molecular weight excluding hydrogens is 384 g/mol. The Hall–Kier alpha value is -3.01. The van der Waals surface area contributed by atoms with Gasteiger partial charge in [-0.15, -0.1) is 0 Å². The average molecular weight is 402 g/mol. The highest BCUT2D eigenvalue weighted by Gasteiger charge is 2.39. The van der Waals surface area contributed by atoms with Crippen LogP contribution in [0.1, 0.15) is 26.4 Å². The molecule has 2 amide bonds. The van der Waals surface area contributed by atoms with Crippen molar-refractivity contribution in [1.82, 2.24) is 20.6 Å². The Labute approximate surface area is 161 Å². The number of sulfone groups is 1. The highest BCUT2D eigenvalue weighted by Crippen LogP contribution is 2.26. The third kappa shape index (κ3) is 3.81. The predicted molar refractivity (Wildman–Crippen MR) is 98.8 cm³/mol. The van der Waals surface area contributed by atoms with Gasteiger partial charge in [-0.1, -0.05) is 0 Å². The molecule has 0 aliphatic carbocycles. The number of nitrogens with one attached hydrogen (secondary N) is 2. The van der Waals surface area contributed by atoms with Gasteiger partial charge in [0, 0.05) is 24.4 Å². The minimum Gasteiger partial charge on any atom is -0.493 e. The fourth-order valence-corrected chi connectivity index (χ4v) is 5.23. The van der Waals surface area contributed by atoms with Crippen molar-refractivity contribution in [2.45, 2.75) is 18.5 Å². The Morgan fingerprint density at radius 2 is 1.82 bits per heavy atom. The molecule has 0 saturated carbocycles. The van der Waals surface area contributed by atoms with Crippen molar-refractivity contribution in [2.24, 2.45) is 0 Å². The molecule has 1 aromatic carbocycles. The molecule has 28 heavy (non-hydrogen) atoms. The van der Waals surface area contributed by atoms with Gasteiger partial charge in [-0.3, -0.25) is 14.6 Å². The van der Waals surface area contributed by atoms with E-state index in [0.717, 1.165) is 17.7 Å². The first-order valence-electron chi connectivity index (χ1n) is 8.75. The van der Waals surface area contributed by atoms with Crippen LogP contribution in [0.4, 0.5) is 0 Å². The Bertz CT molecular complexity index is 1030. The number of benzene rings is 1. The van der Waals surface area contributed by atoms with E-state index in [1.165, 1.54) is 18.6 Å². The van der Waals surface area contributed by atoms with E-state index in [-0.39, 0.29) is 17.2 Å². The lowest BCUT2D eigenvalue weighted by atomic mass is 10.1. The van der Waals surface area contributed by atoms with Crippen LogP contribution in [-0.4, -0.2) is 60.4 Å². The lowest BCUT2D eigenvalue weighted by Gasteiger charge is -2.20. The number of rotatable bonds is 4. The predicted octanol–water partition coefficient (Wildman–Crippen LogP) is -0.263. The van der Waals surface area contributed by atoms with Gasteiger partial charge in [-0.25, -0.2) is 13.4 Å². The van der Waals surface area contributed by atoms with Gasteiger partial charge in [0.2, 0.25) is 0 Å². The molecule has 0 unspecified atom stereocenters. The molecular formula is C18H18N4O5S. The normalized spacial score (nSPS) is 22.1. The van der Waals surface area contributed by atoms with Gasteiger partial charge >= 0.3 is 0 Å². The van der Waals surface area contributed by atoms with E-state index >= 15 is 0 Å². The molecule has 4 rings (SSSR count). The molecule has 0 bridgehead atoms. The van der Waals surface area contributed by atoms with Crippen LogP contribution >= 0.6 is 0 Å². The van der Waals surface area contributed by atoms with Crippen LogP contribution in [0.25, 0.3) is 0 Å². The molecule has 1 saturated heterocycles. The van der Waals surface area contributed by atoms with Gasteiger partial charge in [0.15, 0.2) is 9.84 Å². The maximum atomic E-state index is 12.6. The van der Waals surface area contributed by atoms with Crippen molar-refractivity contribution >= 4 is 21.7 Å². The van der Waals surface area contributed by atoms with Crippen molar-refractivity contribution in [3.05, 3.63) is 53.6 Å². The van der Waals surface area contributed by atoms with E-state index in [1.54, 1.807) is 18.2 Å². The van der Waals surface area contributed by atoms with Gasteiger partial charge < -0.3 is 15.4 Å². The van der Waals surface area contributed by atoms with Crippen molar-refractivity contribution in [3.8, 4) is 5.75 Å². The molecule has 2 aromatic rings. The summed E-state index contributed by atoms with van der Waals surface area (Å²) in [6, 6.07) is 3.63. The maximum Gasteiger partial charge on any atom is 0.271 e. The van der Waals surface area contributed by atoms with Gasteiger partial charge in [0.25, 0.3) is 11.8 Å². The average Bonchev–Trinajstić information content (AvgIpc) is 3.25. The van der Waals surface area contributed by atoms with Crippen LogP contribution < -0.4 is 15.4 Å². The first kappa shape index (κ1) is 18.4. The quantitative estimate of drug-likeness (QED) is 0.721. The fourth-order valence-electron chi connectivity index (χ4n) is 3.37. The zero-order chi connectivity index (χ0) is 19.7. The second kappa shape index (κ2) is 7.19. The Balaban J connectivity index is 1.48. The number of aromatic nitrogens is 2. The summed E-state index contributed by atoms with van der Waals surface area (Å²) >= 11 is 0. The molecule has 0 spiro atoms. The minimum atomic E-state index is -3.40. The van der Waals surface area contributed by atoms with Crippen LogP contribution in [0.5, 0.6) is 5.75 Å². The first-order chi connectivity index (χ1) is 13.4. The van der Waals surface area contributed by atoms with Gasteiger partial charge in [-0.2, -0.15) is 0 Å².